The first kappa shape index (κ1) is 12.6. The fourth-order valence-electron chi connectivity index (χ4n) is 2.04. The van der Waals surface area contributed by atoms with Gasteiger partial charge in [-0.2, -0.15) is 0 Å². The maximum absolute atomic E-state index is 11.2. The van der Waals surface area contributed by atoms with Gasteiger partial charge in [0.2, 0.25) is 5.91 Å². The van der Waals surface area contributed by atoms with E-state index in [1.54, 1.807) is 0 Å². The zero-order chi connectivity index (χ0) is 13.3. The van der Waals surface area contributed by atoms with Crippen LogP contribution in [0.15, 0.2) is 30.3 Å². The summed E-state index contributed by atoms with van der Waals surface area (Å²) in [6, 6.07) is 9.97. The highest BCUT2D eigenvalue weighted by Gasteiger charge is 2.18. The zero-order valence-electron chi connectivity index (χ0n) is 11.2. The van der Waals surface area contributed by atoms with Gasteiger partial charge in [0.05, 0.1) is 5.52 Å². The lowest BCUT2D eigenvalue weighted by Crippen LogP contribution is -2.14. The van der Waals surface area contributed by atoms with Crippen LogP contribution in [-0.2, 0) is 10.2 Å². The Morgan fingerprint density at radius 2 is 1.89 bits per heavy atom. The molecule has 0 unspecified atom stereocenters. The van der Waals surface area contributed by atoms with Crippen molar-refractivity contribution < 1.29 is 4.79 Å². The third-order valence-corrected chi connectivity index (χ3v) is 2.83. The summed E-state index contributed by atoms with van der Waals surface area (Å²) in [7, 11) is 0. The number of nitrogens with one attached hydrogen (secondary N) is 1. The number of benzene rings is 1. The van der Waals surface area contributed by atoms with Crippen LogP contribution >= 0.6 is 0 Å². The van der Waals surface area contributed by atoms with Gasteiger partial charge in [0, 0.05) is 12.3 Å². The quantitative estimate of drug-likeness (QED) is 0.831. The Balaban J connectivity index is 2.68. The van der Waals surface area contributed by atoms with E-state index in [0.29, 0.717) is 5.82 Å². The molecule has 0 aliphatic rings. The molecule has 0 fully saturated rings. The number of aromatic nitrogens is 1. The van der Waals surface area contributed by atoms with E-state index in [1.165, 1.54) is 12.5 Å². The van der Waals surface area contributed by atoms with E-state index in [9.17, 15) is 4.79 Å². The normalized spacial score (nSPS) is 11.6. The molecule has 18 heavy (non-hydrogen) atoms. The van der Waals surface area contributed by atoms with Crippen molar-refractivity contribution in [2.24, 2.45) is 0 Å². The topological polar surface area (TPSA) is 42.0 Å². The molecule has 1 heterocycles. The Morgan fingerprint density at radius 3 is 2.50 bits per heavy atom. The summed E-state index contributed by atoms with van der Waals surface area (Å²) in [5.41, 5.74) is 2.11. The lowest BCUT2D eigenvalue weighted by atomic mass is 9.85. The van der Waals surface area contributed by atoms with Crippen molar-refractivity contribution in [1.82, 2.24) is 4.98 Å². The van der Waals surface area contributed by atoms with Crippen LogP contribution in [0.3, 0.4) is 0 Å². The van der Waals surface area contributed by atoms with Gasteiger partial charge in [0.1, 0.15) is 5.82 Å². The molecule has 0 bridgehead atoms. The fourth-order valence-corrected chi connectivity index (χ4v) is 2.04. The summed E-state index contributed by atoms with van der Waals surface area (Å²) < 4.78 is 0. The van der Waals surface area contributed by atoms with Crippen molar-refractivity contribution in [1.29, 1.82) is 0 Å². The predicted molar refractivity (Wildman–Crippen MR) is 74.7 cm³/mol. The minimum absolute atomic E-state index is 0.00968. The van der Waals surface area contributed by atoms with E-state index < -0.39 is 0 Å². The summed E-state index contributed by atoms with van der Waals surface area (Å²) in [6.45, 7) is 7.97. The smallest absolute Gasteiger partial charge is 0.222 e. The van der Waals surface area contributed by atoms with Gasteiger partial charge in [-0.05, 0) is 23.1 Å². The van der Waals surface area contributed by atoms with Gasteiger partial charge < -0.3 is 5.32 Å². The molecule has 2 aromatic rings. The molecule has 1 amide bonds. The van der Waals surface area contributed by atoms with Gasteiger partial charge in [-0.1, -0.05) is 39.0 Å². The van der Waals surface area contributed by atoms with E-state index in [0.717, 1.165) is 10.9 Å². The number of para-hydroxylation sites is 1. The zero-order valence-corrected chi connectivity index (χ0v) is 11.2. The standard InChI is InChI=1S/C15H18N2O/c1-10(18)16-14-9-12(15(2,3)4)11-7-5-6-8-13(11)17-14/h5-9H,1-4H3,(H,16,17,18). The lowest BCUT2D eigenvalue weighted by molar-refractivity contribution is -0.114. The minimum Gasteiger partial charge on any atom is -0.311 e. The molecule has 1 aromatic heterocycles. The molecule has 0 saturated heterocycles. The highest BCUT2D eigenvalue weighted by molar-refractivity contribution is 5.91. The van der Waals surface area contributed by atoms with E-state index in [1.807, 2.05) is 24.3 Å². The maximum atomic E-state index is 11.2. The molecule has 3 nitrogen and oxygen atoms in total. The third-order valence-electron chi connectivity index (χ3n) is 2.83. The largest absolute Gasteiger partial charge is 0.311 e. The summed E-state index contributed by atoms with van der Waals surface area (Å²) in [4.78, 5) is 15.6. The Hall–Kier alpha value is -1.90. The molecule has 0 spiro atoms. The number of nitrogens with zero attached hydrogens (tertiary/aromatic N) is 1. The first-order chi connectivity index (χ1) is 8.38. The van der Waals surface area contributed by atoms with Crippen LogP contribution in [0, 0.1) is 0 Å². The summed E-state index contributed by atoms with van der Waals surface area (Å²) in [5.74, 6) is 0.517. The monoisotopic (exact) mass is 242 g/mol. The third kappa shape index (κ3) is 2.50. The Labute approximate surface area is 107 Å². The molecular weight excluding hydrogens is 224 g/mol. The molecule has 0 radical (unpaired) electrons. The molecule has 2 rings (SSSR count). The number of hydrogen-bond donors (Lipinski definition) is 1. The predicted octanol–water partition coefficient (Wildman–Crippen LogP) is 3.49. The average Bonchev–Trinajstić information content (AvgIpc) is 2.25. The molecule has 0 atom stereocenters. The second-order valence-corrected chi connectivity index (χ2v) is 5.50. The van der Waals surface area contributed by atoms with Gasteiger partial charge in [0.15, 0.2) is 0 Å². The summed E-state index contributed by atoms with van der Waals surface area (Å²) in [6.07, 6.45) is 0. The van der Waals surface area contributed by atoms with E-state index in [2.05, 4.69) is 37.1 Å². The van der Waals surface area contributed by atoms with Crippen molar-refractivity contribution in [3.05, 3.63) is 35.9 Å². The van der Waals surface area contributed by atoms with E-state index >= 15 is 0 Å². The van der Waals surface area contributed by atoms with Gasteiger partial charge in [-0.25, -0.2) is 4.98 Å². The number of amides is 1. The Bertz CT molecular complexity index is 597. The number of rotatable bonds is 1. The van der Waals surface area contributed by atoms with Crippen molar-refractivity contribution in [3.8, 4) is 0 Å². The number of pyridine rings is 1. The SMILES string of the molecule is CC(=O)Nc1cc(C(C)(C)C)c2ccccc2n1. The number of anilines is 1. The fraction of sp³-hybridized carbons (Fsp3) is 0.333. The number of fused-ring (bicyclic) bond motifs is 1. The van der Waals surface area contributed by atoms with Crippen LogP contribution in [0.25, 0.3) is 10.9 Å². The highest BCUT2D eigenvalue weighted by atomic mass is 16.1. The van der Waals surface area contributed by atoms with Crippen molar-refractivity contribution in [3.63, 3.8) is 0 Å². The summed E-state index contributed by atoms with van der Waals surface area (Å²) >= 11 is 0. The minimum atomic E-state index is -0.0994. The van der Waals surface area contributed by atoms with Crippen molar-refractivity contribution in [2.75, 3.05) is 5.32 Å². The number of carbonyl (C=O) groups is 1. The molecular formula is C15H18N2O. The van der Waals surface area contributed by atoms with Crippen LogP contribution in [-0.4, -0.2) is 10.9 Å². The molecule has 3 heteroatoms. The van der Waals surface area contributed by atoms with Crippen LogP contribution in [0.2, 0.25) is 0 Å². The second kappa shape index (κ2) is 4.41. The first-order valence-corrected chi connectivity index (χ1v) is 6.06. The molecule has 0 aliphatic heterocycles. The van der Waals surface area contributed by atoms with Gasteiger partial charge in [-0.3, -0.25) is 4.79 Å². The summed E-state index contributed by atoms with van der Waals surface area (Å²) in [5, 5.41) is 3.90. The van der Waals surface area contributed by atoms with Crippen LogP contribution < -0.4 is 5.32 Å². The van der Waals surface area contributed by atoms with Gasteiger partial charge in [0.25, 0.3) is 0 Å². The Kier molecular flexibility index (Phi) is 3.07. The number of hydrogen-bond acceptors (Lipinski definition) is 2. The maximum Gasteiger partial charge on any atom is 0.222 e. The van der Waals surface area contributed by atoms with Crippen molar-refractivity contribution in [2.45, 2.75) is 33.1 Å². The first-order valence-electron chi connectivity index (χ1n) is 6.06. The molecule has 94 valence electrons. The molecule has 0 saturated carbocycles. The van der Waals surface area contributed by atoms with E-state index in [-0.39, 0.29) is 11.3 Å². The van der Waals surface area contributed by atoms with Crippen LogP contribution in [0.5, 0.6) is 0 Å². The molecule has 1 N–H and O–H groups in total. The Morgan fingerprint density at radius 1 is 1.22 bits per heavy atom. The highest BCUT2D eigenvalue weighted by Crippen LogP contribution is 2.31. The van der Waals surface area contributed by atoms with Gasteiger partial charge >= 0.3 is 0 Å². The van der Waals surface area contributed by atoms with Gasteiger partial charge in [-0.15, -0.1) is 0 Å². The van der Waals surface area contributed by atoms with E-state index in [4.69, 9.17) is 0 Å². The molecule has 1 aromatic carbocycles. The number of carbonyl (C=O) groups excluding carboxylic acids is 1. The lowest BCUT2D eigenvalue weighted by Gasteiger charge is -2.22. The average molecular weight is 242 g/mol. The van der Waals surface area contributed by atoms with Crippen LogP contribution in [0.1, 0.15) is 33.3 Å². The second-order valence-electron chi connectivity index (χ2n) is 5.50. The van der Waals surface area contributed by atoms with Crippen LogP contribution in [0.4, 0.5) is 5.82 Å². The molecule has 0 aliphatic carbocycles. The van der Waals surface area contributed by atoms with Crippen molar-refractivity contribution >= 4 is 22.6 Å².